The molecule has 0 saturated heterocycles. The minimum Gasteiger partial charge on any atom is -0.466 e. The van der Waals surface area contributed by atoms with Crippen LogP contribution in [0.3, 0.4) is 0 Å². The summed E-state index contributed by atoms with van der Waals surface area (Å²) >= 11 is 3.56. The van der Waals surface area contributed by atoms with Gasteiger partial charge in [-0.1, -0.05) is 52.3 Å². The first-order valence-corrected chi connectivity index (χ1v) is 8.28. The third-order valence-electron chi connectivity index (χ3n) is 3.92. The number of esters is 1. The van der Waals surface area contributed by atoms with E-state index in [0.29, 0.717) is 24.2 Å². The highest BCUT2D eigenvalue weighted by molar-refractivity contribution is 9.10. The first kappa shape index (κ1) is 15.8. The number of halogens is 1. The smallest absolute Gasteiger partial charge is 0.337 e. The van der Waals surface area contributed by atoms with E-state index in [0.717, 1.165) is 22.2 Å². The second kappa shape index (κ2) is 7.01. The average Bonchev–Trinajstić information content (AvgIpc) is 2.59. The number of para-hydroxylation sites is 1. The lowest BCUT2D eigenvalue weighted by molar-refractivity contribution is -0.136. The molecular formula is C19H17BrO3. The van der Waals surface area contributed by atoms with Crippen LogP contribution in [0.5, 0.6) is 5.75 Å². The summed E-state index contributed by atoms with van der Waals surface area (Å²) in [6.45, 7) is 0. The summed E-state index contributed by atoms with van der Waals surface area (Å²) in [5.41, 5.74) is 2.81. The van der Waals surface area contributed by atoms with Gasteiger partial charge in [-0.25, -0.2) is 4.79 Å². The molecule has 3 nitrogen and oxygen atoms in total. The fraction of sp³-hybridized carbons (Fsp3) is 0.211. The first-order chi connectivity index (χ1) is 11.2. The van der Waals surface area contributed by atoms with Gasteiger partial charge in [-0.3, -0.25) is 0 Å². The van der Waals surface area contributed by atoms with Crippen molar-refractivity contribution in [2.75, 3.05) is 7.11 Å². The van der Waals surface area contributed by atoms with E-state index in [1.807, 2.05) is 42.5 Å². The minimum atomic E-state index is -0.318. The predicted molar refractivity (Wildman–Crippen MR) is 92.3 cm³/mol. The van der Waals surface area contributed by atoms with Crippen molar-refractivity contribution in [1.29, 1.82) is 0 Å². The van der Waals surface area contributed by atoms with Crippen LogP contribution in [0.4, 0.5) is 0 Å². The van der Waals surface area contributed by atoms with Gasteiger partial charge in [0, 0.05) is 17.3 Å². The van der Waals surface area contributed by atoms with E-state index >= 15 is 0 Å². The van der Waals surface area contributed by atoms with Gasteiger partial charge in [0.05, 0.1) is 12.7 Å². The van der Waals surface area contributed by atoms with Gasteiger partial charge >= 0.3 is 5.97 Å². The van der Waals surface area contributed by atoms with Gasteiger partial charge < -0.3 is 9.47 Å². The Labute approximate surface area is 144 Å². The molecule has 23 heavy (non-hydrogen) atoms. The van der Waals surface area contributed by atoms with Gasteiger partial charge in [0.25, 0.3) is 0 Å². The fourth-order valence-corrected chi connectivity index (χ4v) is 3.18. The van der Waals surface area contributed by atoms with Gasteiger partial charge in [-0.05, 0) is 29.7 Å². The van der Waals surface area contributed by atoms with Crippen LogP contribution < -0.4 is 4.74 Å². The van der Waals surface area contributed by atoms with Gasteiger partial charge in [0.15, 0.2) is 0 Å². The van der Waals surface area contributed by atoms with E-state index in [2.05, 4.69) is 22.0 Å². The van der Waals surface area contributed by atoms with Gasteiger partial charge in [0.2, 0.25) is 0 Å². The molecule has 118 valence electrons. The minimum absolute atomic E-state index is 0.318. The Morgan fingerprint density at radius 3 is 2.65 bits per heavy atom. The molecular weight excluding hydrogens is 356 g/mol. The Morgan fingerprint density at radius 1 is 1.13 bits per heavy atom. The third kappa shape index (κ3) is 3.48. The molecule has 1 heterocycles. The molecule has 1 aliphatic heterocycles. The molecule has 4 heteroatoms. The standard InChI is InChI=1S/C19H17BrO3/c1-22-19(21)15-12-14-7-3-5-9-17(14)23-18(15)11-10-13-6-2-4-8-16(13)20/h2-9H,10-12H2,1H3. The molecule has 2 aromatic carbocycles. The molecule has 0 spiro atoms. The van der Waals surface area contributed by atoms with Crippen molar-refractivity contribution in [1.82, 2.24) is 0 Å². The molecule has 0 bridgehead atoms. The van der Waals surface area contributed by atoms with Crippen LogP contribution in [0.25, 0.3) is 0 Å². The number of hydrogen-bond acceptors (Lipinski definition) is 3. The highest BCUT2D eigenvalue weighted by Gasteiger charge is 2.25. The first-order valence-electron chi connectivity index (χ1n) is 7.48. The van der Waals surface area contributed by atoms with E-state index in [1.165, 1.54) is 12.7 Å². The number of carbonyl (C=O) groups is 1. The number of benzene rings is 2. The van der Waals surface area contributed by atoms with E-state index in [9.17, 15) is 4.79 Å². The summed E-state index contributed by atoms with van der Waals surface area (Å²) in [4.78, 5) is 12.1. The maximum absolute atomic E-state index is 12.1. The van der Waals surface area contributed by atoms with Crippen molar-refractivity contribution in [3.05, 3.63) is 75.5 Å². The van der Waals surface area contributed by atoms with Crippen molar-refractivity contribution >= 4 is 21.9 Å². The lowest BCUT2D eigenvalue weighted by Crippen LogP contribution is -2.18. The molecule has 0 atom stereocenters. The molecule has 0 unspecified atom stereocenters. The number of allylic oxidation sites excluding steroid dienone is 1. The molecule has 0 amide bonds. The number of carbonyl (C=O) groups excluding carboxylic acids is 1. The average molecular weight is 373 g/mol. The Bertz CT molecular complexity index is 765. The van der Waals surface area contributed by atoms with Crippen molar-refractivity contribution in [3.63, 3.8) is 0 Å². The summed E-state index contributed by atoms with van der Waals surface area (Å²) in [5.74, 6) is 1.20. The SMILES string of the molecule is COC(=O)C1=C(CCc2ccccc2Br)Oc2ccccc2C1. The van der Waals surface area contributed by atoms with Crippen LogP contribution in [0.1, 0.15) is 17.5 Å². The molecule has 0 fully saturated rings. The predicted octanol–water partition coefficient (Wildman–Crippen LogP) is 4.44. The molecule has 0 N–H and O–H groups in total. The summed E-state index contributed by atoms with van der Waals surface area (Å²) < 4.78 is 12.0. The highest BCUT2D eigenvalue weighted by Crippen LogP contribution is 2.32. The second-order valence-corrected chi connectivity index (χ2v) is 6.23. The van der Waals surface area contributed by atoms with E-state index in [-0.39, 0.29) is 5.97 Å². The van der Waals surface area contributed by atoms with Crippen molar-refractivity contribution < 1.29 is 14.3 Å². The van der Waals surface area contributed by atoms with Crippen LogP contribution >= 0.6 is 15.9 Å². The van der Waals surface area contributed by atoms with Crippen molar-refractivity contribution in [2.45, 2.75) is 19.3 Å². The quantitative estimate of drug-likeness (QED) is 0.744. The zero-order valence-corrected chi connectivity index (χ0v) is 14.4. The highest BCUT2D eigenvalue weighted by atomic mass is 79.9. The molecule has 0 aliphatic carbocycles. The maximum atomic E-state index is 12.1. The molecule has 2 aromatic rings. The Hall–Kier alpha value is -2.07. The summed E-state index contributed by atoms with van der Waals surface area (Å²) in [6.07, 6.45) is 1.99. The fourth-order valence-electron chi connectivity index (χ4n) is 2.69. The van der Waals surface area contributed by atoms with Crippen LogP contribution in [-0.2, 0) is 22.4 Å². The Morgan fingerprint density at radius 2 is 1.87 bits per heavy atom. The molecule has 3 rings (SSSR count). The number of rotatable bonds is 4. The normalized spacial score (nSPS) is 13.3. The lowest BCUT2D eigenvalue weighted by Gasteiger charge is -2.22. The number of hydrogen-bond donors (Lipinski definition) is 0. The Balaban J connectivity index is 1.86. The van der Waals surface area contributed by atoms with Crippen LogP contribution in [0, 0.1) is 0 Å². The van der Waals surface area contributed by atoms with E-state index < -0.39 is 0 Å². The molecule has 0 aromatic heterocycles. The zero-order chi connectivity index (χ0) is 16.2. The summed E-state index contributed by atoms with van der Waals surface area (Å²) in [7, 11) is 1.40. The second-order valence-electron chi connectivity index (χ2n) is 5.37. The van der Waals surface area contributed by atoms with Crippen molar-refractivity contribution in [2.24, 2.45) is 0 Å². The number of aryl methyl sites for hydroxylation is 1. The lowest BCUT2D eigenvalue weighted by atomic mass is 9.97. The van der Waals surface area contributed by atoms with Crippen molar-refractivity contribution in [3.8, 4) is 5.75 Å². The largest absolute Gasteiger partial charge is 0.466 e. The van der Waals surface area contributed by atoms with Crippen LogP contribution in [-0.4, -0.2) is 13.1 Å². The third-order valence-corrected chi connectivity index (χ3v) is 4.69. The van der Waals surface area contributed by atoms with Gasteiger partial charge in [0.1, 0.15) is 11.5 Å². The number of methoxy groups -OCH3 is 1. The van der Waals surface area contributed by atoms with Crippen LogP contribution in [0.2, 0.25) is 0 Å². The van der Waals surface area contributed by atoms with Gasteiger partial charge in [-0.15, -0.1) is 0 Å². The van der Waals surface area contributed by atoms with E-state index in [4.69, 9.17) is 9.47 Å². The van der Waals surface area contributed by atoms with Crippen LogP contribution in [0.15, 0.2) is 64.3 Å². The summed E-state index contributed by atoms with van der Waals surface area (Å²) in [5, 5.41) is 0. The summed E-state index contributed by atoms with van der Waals surface area (Å²) in [6, 6.07) is 15.9. The topological polar surface area (TPSA) is 35.5 Å². The Kier molecular flexibility index (Phi) is 4.82. The molecule has 1 aliphatic rings. The number of fused-ring (bicyclic) bond motifs is 1. The van der Waals surface area contributed by atoms with E-state index in [1.54, 1.807) is 0 Å². The number of ether oxygens (including phenoxy) is 2. The molecule has 0 saturated carbocycles. The zero-order valence-electron chi connectivity index (χ0n) is 12.8. The molecule has 0 radical (unpaired) electrons. The van der Waals surface area contributed by atoms with Gasteiger partial charge in [-0.2, -0.15) is 0 Å². The maximum Gasteiger partial charge on any atom is 0.337 e. The monoisotopic (exact) mass is 372 g/mol.